The van der Waals surface area contributed by atoms with Crippen LogP contribution < -0.4 is 10.9 Å². The van der Waals surface area contributed by atoms with Gasteiger partial charge < -0.3 is 5.32 Å². The second-order valence-electron chi connectivity index (χ2n) is 5.28. The summed E-state index contributed by atoms with van der Waals surface area (Å²) < 4.78 is 14.3. The first-order valence-corrected chi connectivity index (χ1v) is 7.57. The van der Waals surface area contributed by atoms with E-state index in [1.54, 1.807) is 25.1 Å². The van der Waals surface area contributed by atoms with Gasteiger partial charge in [-0.05, 0) is 31.2 Å². The van der Waals surface area contributed by atoms with E-state index in [4.69, 9.17) is 11.6 Å². The number of halogens is 2. The van der Waals surface area contributed by atoms with E-state index in [0.29, 0.717) is 16.5 Å². The first kappa shape index (κ1) is 16.1. The predicted octanol–water partition coefficient (Wildman–Crippen LogP) is 3.39. The lowest BCUT2D eigenvalue weighted by molar-refractivity contribution is -0.119. The zero-order valence-electron chi connectivity index (χ0n) is 12.7. The molecule has 1 N–H and O–H groups in total. The van der Waals surface area contributed by atoms with E-state index >= 15 is 0 Å². The summed E-state index contributed by atoms with van der Waals surface area (Å²) in [6.07, 6.45) is 1.54. The van der Waals surface area contributed by atoms with Gasteiger partial charge in [-0.3, -0.25) is 9.59 Å². The SMILES string of the molecule is C[C@H](C(=O)Nc1ccc(F)c(Cl)c1)n1ncc2ccccc2c1=O. The summed E-state index contributed by atoms with van der Waals surface area (Å²) in [6, 6.07) is 10.0. The number of rotatable bonds is 3. The lowest BCUT2D eigenvalue weighted by Crippen LogP contribution is -2.33. The smallest absolute Gasteiger partial charge is 0.275 e. The van der Waals surface area contributed by atoms with Crippen LogP contribution in [0.15, 0.2) is 53.5 Å². The molecule has 0 aliphatic rings. The summed E-state index contributed by atoms with van der Waals surface area (Å²) in [6.45, 7) is 1.56. The number of aromatic nitrogens is 2. The van der Waals surface area contributed by atoms with E-state index < -0.39 is 17.8 Å². The molecule has 0 saturated carbocycles. The van der Waals surface area contributed by atoms with Gasteiger partial charge in [-0.1, -0.05) is 29.8 Å². The minimum atomic E-state index is -0.842. The van der Waals surface area contributed by atoms with Gasteiger partial charge in [-0.25, -0.2) is 9.07 Å². The number of benzene rings is 2. The number of hydrogen-bond donors (Lipinski definition) is 1. The Balaban J connectivity index is 1.89. The molecule has 0 fully saturated rings. The highest BCUT2D eigenvalue weighted by Gasteiger charge is 2.19. The van der Waals surface area contributed by atoms with Crippen molar-refractivity contribution in [1.82, 2.24) is 9.78 Å². The molecule has 1 heterocycles. The topological polar surface area (TPSA) is 64.0 Å². The Morgan fingerprint density at radius 3 is 2.79 bits per heavy atom. The standard InChI is InChI=1S/C17H13ClFN3O2/c1-10(16(23)21-12-6-7-15(19)14(18)8-12)22-17(24)13-5-3-2-4-11(13)9-20-22/h2-10H,1H3,(H,21,23)/t10-/m1/s1. The summed E-state index contributed by atoms with van der Waals surface area (Å²) in [5, 5.41) is 7.74. The third-order valence-corrected chi connectivity index (χ3v) is 3.94. The van der Waals surface area contributed by atoms with Gasteiger partial charge in [0.25, 0.3) is 5.56 Å². The Kier molecular flexibility index (Phi) is 4.31. The predicted molar refractivity (Wildman–Crippen MR) is 90.8 cm³/mol. The van der Waals surface area contributed by atoms with Crippen molar-refractivity contribution in [2.45, 2.75) is 13.0 Å². The number of carbonyl (C=O) groups is 1. The number of amides is 1. The molecule has 1 amide bonds. The number of carbonyl (C=O) groups excluding carboxylic acids is 1. The molecule has 0 aliphatic heterocycles. The molecular formula is C17H13ClFN3O2. The van der Waals surface area contributed by atoms with Crippen LogP contribution >= 0.6 is 11.6 Å². The van der Waals surface area contributed by atoms with Gasteiger partial charge in [0.15, 0.2) is 0 Å². The highest BCUT2D eigenvalue weighted by Crippen LogP contribution is 2.20. The van der Waals surface area contributed by atoms with Crippen LogP contribution in [0.4, 0.5) is 10.1 Å². The van der Waals surface area contributed by atoms with Crippen LogP contribution in [0.5, 0.6) is 0 Å². The fraction of sp³-hybridized carbons (Fsp3) is 0.118. The molecule has 1 aromatic heterocycles. The maximum absolute atomic E-state index is 13.2. The Morgan fingerprint density at radius 2 is 2.04 bits per heavy atom. The Hall–Kier alpha value is -2.73. The highest BCUT2D eigenvalue weighted by molar-refractivity contribution is 6.31. The third kappa shape index (κ3) is 3.00. The van der Waals surface area contributed by atoms with Crippen LogP contribution in [-0.4, -0.2) is 15.7 Å². The highest BCUT2D eigenvalue weighted by atomic mass is 35.5. The molecule has 0 radical (unpaired) electrons. The molecule has 122 valence electrons. The second-order valence-corrected chi connectivity index (χ2v) is 5.68. The van der Waals surface area contributed by atoms with Crippen molar-refractivity contribution in [3.8, 4) is 0 Å². The monoisotopic (exact) mass is 345 g/mol. The average molecular weight is 346 g/mol. The van der Waals surface area contributed by atoms with E-state index in [9.17, 15) is 14.0 Å². The molecule has 24 heavy (non-hydrogen) atoms. The first-order chi connectivity index (χ1) is 11.5. The van der Waals surface area contributed by atoms with Gasteiger partial charge in [0.05, 0.1) is 16.6 Å². The van der Waals surface area contributed by atoms with Crippen LogP contribution in [0, 0.1) is 5.82 Å². The quantitative estimate of drug-likeness (QED) is 0.791. The Bertz CT molecular complexity index is 987. The van der Waals surface area contributed by atoms with E-state index in [1.807, 2.05) is 6.07 Å². The summed E-state index contributed by atoms with van der Waals surface area (Å²) >= 11 is 5.69. The van der Waals surface area contributed by atoms with Gasteiger partial charge in [-0.15, -0.1) is 0 Å². The summed E-state index contributed by atoms with van der Waals surface area (Å²) in [5.41, 5.74) is -0.0139. The Labute approximate surface area is 141 Å². The average Bonchev–Trinajstić information content (AvgIpc) is 2.58. The second kappa shape index (κ2) is 6.41. The molecule has 7 heteroatoms. The van der Waals surface area contributed by atoms with Crippen LogP contribution in [0.2, 0.25) is 5.02 Å². The van der Waals surface area contributed by atoms with Crippen molar-refractivity contribution in [2.24, 2.45) is 0 Å². The molecule has 0 spiro atoms. The number of hydrogen-bond acceptors (Lipinski definition) is 3. The van der Waals surface area contributed by atoms with E-state index in [1.165, 1.54) is 18.3 Å². The first-order valence-electron chi connectivity index (χ1n) is 7.20. The molecule has 5 nitrogen and oxygen atoms in total. The van der Waals surface area contributed by atoms with Crippen molar-refractivity contribution in [3.05, 3.63) is 69.9 Å². The van der Waals surface area contributed by atoms with Crippen molar-refractivity contribution in [3.63, 3.8) is 0 Å². The van der Waals surface area contributed by atoms with Gasteiger partial charge in [-0.2, -0.15) is 5.10 Å². The molecule has 0 bridgehead atoms. The normalized spacial score (nSPS) is 12.1. The van der Waals surface area contributed by atoms with Crippen molar-refractivity contribution >= 4 is 34.0 Å². The number of fused-ring (bicyclic) bond motifs is 1. The van der Waals surface area contributed by atoms with E-state index in [-0.39, 0.29) is 10.6 Å². The Morgan fingerprint density at radius 1 is 1.29 bits per heavy atom. The summed E-state index contributed by atoms with van der Waals surface area (Å²) in [5.74, 6) is -1.03. The zero-order valence-corrected chi connectivity index (χ0v) is 13.4. The fourth-order valence-electron chi connectivity index (χ4n) is 2.31. The maximum Gasteiger partial charge on any atom is 0.275 e. The van der Waals surface area contributed by atoms with Gasteiger partial charge in [0, 0.05) is 11.1 Å². The van der Waals surface area contributed by atoms with Gasteiger partial charge in [0.2, 0.25) is 5.91 Å². The molecule has 3 aromatic rings. The van der Waals surface area contributed by atoms with Gasteiger partial charge >= 0.3 is 0 Å². The number of anilines is 1. The lowest BCUT2D eigenvalue weighted by atomic mass is 10.2. The fourth-order valence-corrected chi connectivity index (χ4v) is 2.49. The zero-order chi connectivity index (χ0) is 17.3. The van der Waals surface area contributed by atoms with E-state index in [2.05, 4.69) is 10.4 Å². The van der Waals surface area contributed by atoms with E-state index in [0.717, 1.165) is 10.7 Å². The third-order valence-electron chi connectivity index (χ3n) is 3.65. The maximum atomic E-state index is 13.2. The van der Waals surface area contributed by atoms with Crippen molar-refractivity contribution < 1.29 is 9.18 Å². The molecular weight excluding hydrogens is 333 g/mol. The van der Waals surface area contributed by atoms with Crippen molar-refractivity contribution in [2.75, 3.05) is 5.32 Å². The lowest BCUT2D eigenvalue weighted by Gasteiger charge is -2.14. The molecule has 1 atom stereocenters. The summed E-state index contributed by atoms with van der Waals surface area (Å²) in [7, 11) is 0. The minimum absolute atomic E-state index is 0.0959. The molecule has 3 rings (SSSR count). The molecule has 2 aromatic carbocycles. The largest absolute Gasteiger partial charge is 0.324 e. The number of nitrogens with zero attached hydrogens (tertiary/aromatic N) is 2. The van der Waals surface area contributed by atoms with Crippen LogP contribution in [0.3, 0.4) is 0 Å². The van der Waals surface area contributed by atoms with Gasteiger partial charge in [0.1, 0.15) is 11.9 Å². The minimum Gasteiger partial charge on any atom is -0.324 e. The molecule has 0 aliphatic carbocycles. The number of nitrogens with one attached hydrogen (secondary N) is 1. The van der Waals surface area contributed by atoms with Crippen LogP contribution in [0.1, 0.15) is 13.0 Å². The molecule has 0 saturated heterocycles. The van der Waals surface area contributed by atoms with Crippen LogP contribution in [0.25, 0.3) is 10.8 Å². The van der Waals surface area contributed by atoms with Crippen LogP contribution in [-0.2, 0) is 4.79 Å². The van der Waals surface area contributed by atoms with Crippen molar-refractivity contribution in [1.29, 1.82) is 0 Å². The molecule has 0 unspecified atom stereocenters. The summed E-state index contributed by atoms with van der Waals surface area (Å²) in [4.78, 5) is 24.8.